The molecule has 14 heteroatoms. The Morgan fingerprint density at radius 3 is 2.39 bits per heavy atom. The summed E-state index contributed by atoms with van der Waals surface area (Å²) >= 11 is 0. The smallest absolute Gasteiger partial charge is 0.269 e. The normalized spacial score (nSPS) is 23.0. The Kier molecular flexibility index (Phi) is 11.3. The molecule has 5 atom stereocenters. The number of aliphatic hydroxyl groups is 1. The molecule has 328 valence electrons. The van der Waals surface area contributed by atoms with Gasteiger partial charge < -0.3 is 24.4 Å². The number of nitrogens with zero attached hydrogens (tertiary/aromatic N) is 5. The second-order valence-corrected chi connectivity index (χ2v) is 22.5. The van der Waals surface area contributed by atoms with Gasteiger partial charge >= 0.3 is 0 Å². The molecule has 0 aliphatic carbocycles. The number of carbonyl (C=O) groups is 3. The van der Waals surface area contributed by atoms with Crippen molar-refractivity contribution in [1.29, 1.82) is 0 Å². The SMILES string of the molecule is COc1ccc([Si](C)(C)[C@@H]2[C@@H](CC(=O)N3Cc4ccccc4C[C@H]3CO)O[C@]3(C(=O)N(Cc4cccc(N5N=C(c6ccccc6)CCC5=O)c4)c4ccc([N+](=O)[O-])cc43)[C@H]2C)cc1. The molecular formula is C50H51N5O8Si. The van der Waals surface area contributed by atoms with Crippen LogP contribution in [0.2, 0.25) is 18.6 Å². The number of amides is 3. The summed E-state index contributed by atoms with van der Waals surface area (Å²) in [7, 11) is -1.09. The Morgan fingerprint density at radius 1 is 0.938 bits per heavy atom. The summed E-state index contributed by atoms with van der Waals surface area (Å²) in [4.78, 5) is 58.9. The minimum absolute atomic E-state index is 0.0586. The van der Waals surface area contributed by atoms with Crippen LogP contribution >= 0.6 is 0 Å². The van der Waals surface area contributed by atoms with Crippen molar-refractivity contribution in [3.63, 3.8) is 0 Å². The number of hydrogen-bond acceptors (Lipinski definition) is 9. The minimum atomic E-state index is -2.70. The quantitative estimate of drug-likeness (QED) is 0.0828. The van der Waals surface area contributed by atoms with Crippen LogP contribution < -0.4 is 19.8 Å². The van der Waals surface area contributed by atoms with Gasteiger partial charge in [0.05, 0.1) is 68.9 Å². The number of aliphatic hydroxyl groups excluding tert-OH is 1. The maximum absolute atomic E-state index is 15.6. The van der Waals surface area contributed by atoms with Crippen molar-refractivity contribution in [2.75, 3.05) is 23.6 Å². The van der Waals surface area contributed by atoms with Gasteiger partial charge in [-0.25, -0.2) is 5.01 Å². The molecule has 4 aliphatic rings. The van der Waals surface area contributed by atoms with Crippen molar-refractivity contribution >= 4 is 53.8 Å². The summed E-state index contributed by atoms with van der Waals surface area (Å²) < 4.78 is 12.7. The first-order valence-corrected chi connectivity index (χ1v) is 24.9. The van der Waals surface area contributed by atoms with Crippen LogP contribution in [0.5, 0.6) is 5.75 Å². The average Bonchev–Trinajstić information content (AvgIpc) is 3.74. The third kappa shape index (κ3) is 7.38. The fourth-order valence-electron chi connectivity index (χ4n) is 10.7. The minimum Gasteiger partial charge on any atom is -0.497 e. The van der Waals surface area contributed by atoms with Crippen LogP contribution in [0, 0.1) is 16.0 Å². The van der Waals surface area contributed by atoms with Crippen molar-refractivity contribution in [2.24, 2.45) is 11.0 Å². The highest BCUT2D eigenvalue weighted by molar-refractivity contribution is 6.91. The highest BCUT2D eigenvalue weighted by atomic mass is 28.3. The molecule has 3 amide bonds. The number of nitro benzene ring substituents is 1. The van der Waals surface area contributed by atoms with Crippen LogP contribution in [0.1, 0.15) is 54.0 Å². The summed E-state index contributed by atoms with van der Waals surface area (Å²) in [5.41, 5.74) is 3.80. The Labute approximate surface area is 373 Å². The highest BCUT2D eigenvalue weighted by Gasteiger charge is 2.67. The van der Waals surface area contributed by atoms with Gasteiger partial charge in [-0.15, -0.1) is 0 Å². The molecule has 4 aliphatic heterocycles. The number of nitro groups is 1. The van der Waals surface area contributed by atoms with Crippen LogP contribution in [-0.4, -0.2) is 72.3 Å². The number of fused-ring (bicyclic) bond motifs is 3. The summed E-state index contributed by atoms with van der Waals surface area (Å²) in [6, 6.07) is 37.0. The van der Waals surface area contributed by atoms with Crippen molar-refractivity contribution in [2.45, 2.75) is 82.1 Å². The van der Waals surface area contributed by atoms with Crippen LogP contribution in [0.25, 0.3) is 0 Å². The molecule has 5 aromatic carbocycles. The largest absolute Gasteiger partial charge is 0.497 e. The number of methoxy groups -OCH3 is 1. The maximum Gasteiger partial charge on any atom is 0.269 e. The fraction of sp³-hybridized carbons (Fsp3) is 0.320. The standard InChI is InChI=1S/C50H51N5O8Si/c1-32-48(64(3,4)41-20-18-40(62-2)19-21-41)45(28-47(58)52-30-36-15-9-8-14-35(36)26-39(52)31-56)63-50(32)42-27-38(55(60)61)17-23-44(42)53(49(50)59)29-33-11-10-16-37(25-33)54-46(57)24-22-43(51-54)34-12-6-5-7-13-34/h5-21,23,25,27,32,39,45,48,56H,22,24,26,28-31H2,1-4H3/t32-,39-,45+,48-,50+/m0/s1. The topological polar surface area (TPSA) is 155 Å². The van der Waals surface area contributed by atoms with Gasteiger partial charge in [-0.2, -0.15) is 5.10 Å². The molecule has 4 heterocycles. The zero-order valence-electron chi connectivity index (χ0n) is 36.3. The molecule has 0 unspecified atom stereocenters. The Balaban J connectivity index is 1.10. The molecule has 64 heavy (non-hydrogen) atoms. The number of hydrogen-bond donors (Lipinski definition) is 1. The summed E-state index contributed by atoms with van der Waals surface area (Å²) in [6.07, 6.45) is 0.502. The molecule has 0 saturated carbocycles. The van der Waals surface area contributed by atoms with Gasteiger partial charge in [-0.05, 0) is 64.5 Å². The van der Waals surface area contributed by atoms with Crippen molar-refractivity contribution in [1.82, 2.24) is 4.90 Å². The van der Waals surface area contributed by atoms with Gasteiger partial charge in [0.1, 0.15) is 5.75 Å². The number of carbonyl (C=O) groups excluding carboxylic acids is 3. The van der Waals surface area contributed by atoms with Crippen LogP contribution in [0.15, 0.2) is 126 Å². The lowest BCUT2D eigenvalue weighted by Gasteiger charge is -2.39. The lowest BCUT2D eigenvalue weighted by molar-refractivity contribution is -0.385. The lowest BCUT2D eigenvalue weighted by atomic mass is 9.82. The predicted molar refractivity (Wildman–Crippen MR) is 246 cm³/mol. The average molecular weight is 878 g/mol. The molecule has 0 bridgehead atoms. The van der Waals surface area contributed by atoms with E-state index in [4.69, 9.17) is 14.6 Å². The van der Waals surface area contributed by atoms with E-state index >= 15 is 4.79 Å². The Hall–Kier alpha value is -6.48. The van der Waals surface area contributed by atoms with Gasteiger partial charge in [-0.3, -0.25) is 24.5 Å². The van der Waals surface area contributed by atoms with E-state index in [2.05, 4.69) is 13.1 Å². The van der Waals surface area contributed by atoms with Crippen LogP contribution in [0.3, 0.4) is 0 Å². The van der Waals surface area contributed by atoms with E-state index in [-0.39, 0.29) is 48.5 Å². The number of anilines is 2. The maximum atomic E-state index is 15.6. The van der Waals surface area contributed by atoms with E-state index in [9.17, 15) is 24.8 Å². The molecule has 5 aromatic rings. The van der Waals surface area contributed by atoms with E-state index < -0.39 is 36.7 Å². The third-order valence-corrected chi connectivity index (χ3v) is 18.3. The van der Waals surface area contributed by atoms with Crippen molar-refractivity contribution in [3.05, 3.63) is 159 Å². The van der Waals surface area contributed by atoms with E-state index in [0.29, 0.717) is 54.1 Å². The highest BCUT2D eigenvalue weighted by Crippen LogP contribution is 2.60. The first kappa shape index (κ1) is 42.8. The fourth-order valence-corrected chi connectivity index (χ4v) is 14.7. The monoisotopic (exact) mass is 877 g/mol. The lowest BCUT2D eigenvalue weighted by Crippen LogP contribution is -2.52. The third-order valence-electron chi connectivity index (χ3n) is 13.9. The van der Waals surface area contributed by atoms with Crippen LogP contribution in [-0.2, 0) is 44.2 Å². The van der Waals surface area contributed by atoms with E-state index in [0.717, 1.165) is 27.6 Å². The second-order valence-electron chi connectivity index (χ2n) is 17.8. The zero-order chi connectivity index (χ0) is 44.9. The van der Waals surface area contributed by atoms with Crippen LogP contribution in [0.4, 0.5) is 17.1 Å². The summed E-state index contributed by atoms with van der Waals surface area (Å²) in [6.45, 7) is 6.61. The molecule has 1 spiro atoms. The Morgan fingerprint density at radius 2 is 1.67 bits per heavy atom. The zero-order valence-corrected chi connectivity index (χ0v) is 37.3. The molecule has 13 nitrogen and oxygen atoms in total. The molecule has 1 fully saturated rings. The van der Waals surface area contributed by atoms with Gasteiger partial charge in [0.25, 0.3) is 11.6 Å². The number of hydrazone groups is 1. The van der Waals surface area contributed by atoms with E-state index in [1.807, 2.05) is 110 Å². The number of benzene rings is 5. The van der Waals surface area contributed by atoms with Gasteiger partial charge in [0.2, 0.25) is 11.8 Å². The summed E-state index contributed by atoms with van der Waals surface area (Å²) in [5, 5.41) is 30.2. The van der Waals surface area contributed by atoms with Crippen molar-refractivity contribution < 1.29 is 33.9 Å². The first-order valence-electron chi connectivity index (χ1n) is 21.8. The predicted octanol–water partition coefficient (Wildman–Crippen LogP) is 7.23. The number of ether oxygens (including phenoxy) is 2. The van der Waals surface area contributed by atoms with E-state index in [1.165, 1.54) is 17.1 Å². The molecule has 9 rings (SSSR count). The van der Waals surface area contributed by atoms with Gasteiger partial charge in [0.15, 0.2) is 5.60 Å². The Bertz CT molecular complexity index is 2670. The molecule has 0 aromatic heterocycles. The van der Waals surface area contributed by atoms with E-state index in [1.54, 1.807) is 23.0 Å². The molecule has 1 saturated heterocycles. The molecular weight excluding hydrogens is 827 g/mol. The van der Waals surface area contributed by atoms with Gasteiger partial charge in [0, 0.05) is 43.0 Å². The number of rotatable bonds is 11. The second kappa shape index (κ2) is 16.9. The first-order chi connectivity index (χ1) is 30.8. The number of non-ortho nitro benzene ring substituents is 1. The summed E-state index contributed by atoms with van der Waals surface area (Å²) in [5.74, 6) is -0.554. The molecule has 0 radical (unpaired) electrons. The van der Waals surface area contributed by atoms with Crippen molar-refractivity contribution in [3.8, 4) is 5.75 Å². The van der Waals surface area contributed by atoms with Gasteiger partial charge in [-0.1, -0.05) is 104 Å². The molecule has 1 N–H and O–H groups in total.